The van der Waals surface area contributed by atoms with E-state index in [9.17, 15) is 8.78 Å². The summed E-state index contributed by atoms with van der Waals surface area (Å²) in [5, 5.41) is 3.14. The molecule has 1 aliphatic carbocycles. The SMILES string of the molecule is CNCC(c1cc(F)cc(F)c1)C1CCCC1. The molecule has 0 radical (unpaired) electrons. The highest BCUT2D eigenvalue weighted by molar-refractivity contribution is 5.23. The van der Waals surface area contributed by atoms with Crippen LogP contribution in [0.1, 0.15) is 37.2 Å². The van der Waals surface area contributed by atoms with E-state index in [2.05, 4.69) is 5.32 Å². The molecule has 0 heterocycles. The van der Waals surface area contributed by atoms with E-state index in [-0.39, 0.29) is 5.92 Å². The molecule has 0 bridgehead atoms. The summed E-state index contributed by atoms with van der Waals surface area (Å²) in [6, 6.07) is 3.89. The van der Waals surface area contributed by atoms with Crippen molar-refractivity contribution in [2.45, 2.75) is 31.6 Å². The maximum Gasteiger partial charge on any atom is 0.126 e. The summed E-state index contributed by atoms with van der Waals surface area (Å²) in [6.07, 6.45) is 4.82. The van der Waals surface area contributed by atoms with Gasteiger partial charge in [-0.25, -0.2) is 8.78 Å². The molecule has 1 unspecified atom stereocenters. The molecule has 17 heavy (non-hydrogen) atoms. The highest BCUT2D eigenvalue weighted by Gasteiger charge is 2.26. The predicted molar refractivity (Wildman–Crippen MR) is 65.0 cm³/mol. The summed E-state index contributed by atoms with van der Waals surface area (Å²) in [5.74, 6) is -0.158. The molecule has 0 amide bonds. The highest BCUT2D eigenvalue weighted by Crippen LogP contribution is 2.37. The first-order valence-corrected chi connectivity index (χ1v) is 6.31. The van der Waals surface area contributed by atoms with E-state index in [0.29, 0.717) is 5.92 Å². The molecule has 0 aromatic heterocycles. The van der Waals surface area contributed by atoms with Crippen molar-refractivity contribution in [1.29, 1.82) is 0 Å². The van der Waals surface area contributed by atoms with Crippen LogP contribution in [0.25, 0.3) is 0 Å². The van der Waals surface area contributed by atoms with Crippen LogP contribution in [0.4, 0.5) is 8.78 Å². The summed E-state index contributed by atoms with van der Waals surface area (Å²) < 4.78 is 26.5. The van der Waals surface area contributed by atoms with Gasteiger partial charge in [0.1, 0.15) is 11.6 Å². The van der Waals surface area contributed by atoms with Gasteiger partial charge in [-0.15, -0.1) is 0 Å². The smallest absolute Gasteiger partial charge is 0.126 e. The molecule has 1 aromatic carbocycles. The van der Waals surface area contributed by atoms with Gasteiger partial charge < -0.3 is 5.32 Å². The van der Waals surface area contributed by atoms with Crippen LogP contribution in [0.5, 0.6) is 0 Å². The zero-order valence-electron chi connectivity index (χ0n) is 10.2. The molecule has 2 rings (SSSR count). The molecule has 1 atom stereocenters. The number of hydrogen-bond donors (Lipinski definition) is 1. The maximum atomic E-state index is 13.3. The van der Waals surface area contributed by atoms with Gasteiger partial charge in [-0.1, -0.05) is 12.8 Å². The van der Waals surface area contributed by atoms with Crippen molar-refractivity contribution in [2.24, 2.45) is 5.92 Å². The zero-order valence-corrected chi connectivity index (χ0v) is 10.2. The standard InChI is InChI=1S/C14H19F2N/c1-17-9-14(10-4-2-3-5-10)11-6-12(15)8-13(16)7-11/h6-8,10,14,17H,2-5,9H2,1H3. The summed E-state index contributed by atoms with van der Waals surface area (Å²) in [4.78, 5) is 0. The van der Waals surface area contributed by atoms with Gasteiger partial charge in [0, 0.05) is 12.6 Å². The van der Waals surface area contributed by atoms with E-state index in [0.717, 1.165) is 18.2 Å². The lowest BCUT2D eigenvalue weighted by Crippen LogP contribution is -2.23. The van der Waals surface area contributed by atoms with Crippen LogP contribution >= 0.6 is 0 Å². The van der Waals surface area contributed by atoms with Gasteiger partial charge in [-0.05, 0) is 49.4 Å². The highest BCUT2D eigenvalue weighted by atomic mass is 19.1. The van der Waals surface area contributed by atoms with Crippen LogP contribution in [0.2, 0.25) is 0 Å². The van der Waals surface area contributed by atoms with Crippen LogP contribution in [-0.2, 0) is 0 Å². The molecule has 0 saturated heterocycles. The van der Waals surface area contributed by atoms with Crippen molar-refractivity contribution in [3.63, 3.8) is 0 Å². The first kappa shape index (κ1) is 12.5. The zero-order chi connectivity index (χ0) is 12.3. The van der Waals surface area contributed by atoms with E-state index in [4.69, 9.17) is 0 Å². The predicted octanol–water partition coefficient (Wildman–Crippen LogP) is 3.46. The summed E-state index contributed by atoms with van der Waals surface area (Å²) >= 11 is 0. The van der Waals surface area contributed by atoms with Crippen molar-refractivity contribution in [1.82, 2.24) is 5.32 Å². The monoisotopic (exact) mass is 239 g/mol. The van der Waals surface area contributed by atoms with Gasteiger partial charge in [-0.3, -0.25) is 0 Å². The topological polar surface area (TPSA) is 12.0 Å². The lowest BCUT2D eigenvalue weighted by Gasteiger charge is -2.23. The minimum atomic E-state index is -0.473. The first-order valence-electron chi connectivity index (χ1n) is 6.31. The molecular weight excluding hydrogens is 220 g/mol. The normalized spacial score (nSPS) is 18.5. The molecule has 1 aliphatic rings. The van der Waals surface area contributed by atoms with E-state index in [1.807, 2.05) is 7.05 Å². The number of rotatable bonds is 4. The fraction of sp³-hybridized carbons (Fsp3) is 0.571. The Bertz CT molecular complexity index is 352. The molecule has 1 aromatic rings. The molecule has 1 nitrogen and oxygen atoms in total. The largest absolute Gasteiger partial charge is 0.319 e. The minimum absolute atomic E-state index is 0.229. The van der Waals surface area contributed by atoms with Gasteiger partial charge in [0.15, 0.2) is 0 Å². The molecule has 94 valence electrons. The lowest BCUT2D eigenvalue weighted by molar-refractivity contribution is 0.417. The fourth-order valence-electron chi connectivity index (χ4n) is 2.93. The molecular formula is C14H19F2N. The number of nitrogens with one attached hydrogen (secondary N) is 1. The van der Waals surface area contributed by atoms with Crippen molar-refractivity contribution < 1.29 is 8.78 Å². The second-order valence-electron chi connectivity index (χ2n) is 4.91. The Hall–Kier alpha value is -0.960. The van der Waals surface area contributed by atoms with Crippen molar-refractivity contribution in [3.05, 3.63) is 35.4 Å². The average molecular weight is 239 g/mol. The summed E-state index contributed by atoms with van der Waals surface area (Å²) in [7, 11) is 1.89. The molecule has 1 fully saturated rings. The quantitative estimate of drug-likeness (QED) is 0.848. The molecule has 0 aliphatic heterocycles. The lowest BCUT2D eigenvalue weighted by atomic mass is 9.84. The van der Waals surface area contributed by atoms with Crippen LogP contribution in [-0.4, -0.2) is 13.6 Å². The third-order valence-corrected chi connectivity index (χ3v) is 3.71. The molecule has 0 spiro atoms. The average Bonchev–Trinajstić information content (AvgIpc) is 2.77. The van der Waals surface area contributed by atoms with E-state index in [1.54, 1.807) is 0 Å². The van der Waals surface area contributed by atoms with E-state index >= 15 is 0 Å². The first-order chi connectivity index (χ1) is 8.20. The van der Waals surface area contributed by atoms with Crippen molar-refractivity contribution >= 4 is 0 Å². The second kappa shape index (κ2) is 5.58. The number of halogens is 2. The third kappa shape index (κ3) is 3.03. The van der Waals surface area contributed by atoms with Crippen molar-refractivity contribution in [3.8, 4) is 0 Å². The number of hydrogen-bond acceptors (Lipinski definition) is 1. The van der Waals surface area contributed by atoms with Gasteiger partial charge in [0.2, 0.25) is 0 Å². The third-order valence-electron chi connectivity index (χ3n) is 3.71. The van der Waals surface area contributed by atoms with Crippen molar-refractivity contribution in [2.75, 3.05) is 13.6 Å². The van der Waals surface area contributed by atoms with Crippen LogP contribution in [0.3, 0.4) is 0 Å². The van der Waals surface area contributed by atoms with Gasteiger partial charge in [0.25, 0.3) is 0 Å². The van der Waals surface area contributed by atoms with Crippen LogP contribution in [0.15, 0.2) is 18.2 Å². The summed E-state index contributed by atoms with van der Waals surface area (Å²) in [6.45, 7) is 0.785. The van der Waals surface area contributed by atoms with E-state index < -0.39 is 11.6 Å². The van der Waals surface area contributed by atoms with Crippen LogP contribution < -0.4 is 5.32 Å². The molecule has 1 saturated carbocycles. The fourth-order valence-corrected chi connectivity index (χ4v) is 2.93. The Kier molecular flexibility index (Phi) is 4.11. The molecule has 3 heteroatoms. The Balaban J connectivity index is 2.24. The Morgan fingerprint density at radius 1 is 1.18 bits per heavy atom. The summed E-state index contributed by atoms with van der Waals surface area (Å²) in [5.41, 5.74) is 0.795. The Labute approximate surface area is 101 Å². The number of likely N-dealkylation sites (N-methyl/N-ethyl adjacent to an activating group) is 1. The Morgan fingerprint density at radius 2 is 1.76 bits per heavy atom. The Morgan fingerprint density at radius 3 is 2.29 bits per heavy atom. The van der Waals surface area contributed by atoms with Crippen LogP contribution in [0, 0.1) is 17.6 Å². The number of benzene rings is 1. The van der Waals surface area contributed by atoms with Gasteiger partial charge in [-0.2, -0.15) is 0 Å². The van der Waals surface area contributed by atoms with Gasteiger partial charge >= 0.3 is 0 Å². The van der Waals surface area contributed by atoms with Gasteiger partial charge in [0.05, 0.1) is 0 Å². The van der Waals surface area contributed by atoms with E-state index in [1.165, 1.54) is 37.8 Å². The molecule has 1 N–H and O–H groups in total. The minimum Gasteiger partial charge on any atom is -0.319 e. The maximum absolute atomic E-state index is 13.3. The second-order valence-corrected chi connectivity index (χ2v) is 4.91.